The monoisotopic (exact) mass is 375 g/mol. The van der Waals surface area contributed by atoms with Gasteiger partial charge in [-0.2, -0.15) is 0 Å². The summed E-state index contributed by atoms with van der Waals surface area (Å²) in [7, 11) is 1.55. The number of carbonyl (C=O) groups excluding carboxylic acids is 2. The van der Waals surface area contributed by atoms with Crippen LogP contribution in [-0.2, 0) is 9.53 Å². The summed E-state index contributed by atoms with van der Waals surface area (Å²) in [5.41, 5.74) is 1.34. The molecule has 2 atom stereocenters. The first kappa shape index (κ1) is 18.2. The molecule has 1 aromatic carbocycles. The summed E-state index contributed by atoms with van der Waals surface area (Å²) >= 11 is 5.80. The fourth-order valence-corrected chi connectivity index (χ4v) is 2.56. The van der Waals surface area contributed by atoms with Crippen LogP contribution in [-0.4, -0.2) is 30.1 Å². The van der Waals surface area contributed by atoms with Crippen LogP contribution in [0.25, 0.3) is 0 Å². The van der Waals surface area contributed by atoms with Gasteiger partial charge in [0.2, 0.25) is 11.8 Å². The lowest BCUT2D eigenvalue weighted by Crippen LogP contribution is -2.36. The topological polar surface area (TPSA) is 89.5 Å². The molecule has 0 radical (unpaired) electrons. The third kappa shape index (κ3) is 4.50. The van der Waals surface area contributed by atoms with E-state index in [0.29, 0.717) is 28.8 Å². The Balaban J connectivity index is 1.57. The van der Waals surface area contributed by atoms with Gasteiger partial charge >= 0.3 is 6.03 Å². The maximum atomic E-state index is 11.9. The third-order valence-corrected chi connectivity index (χ3v) is 4.18. The number of pyridine rings is 1. The van der Waals surface area contributed by atoms with Gasteiger partial charge in [0, 0.05) is 25.1 Å². The maximum absolute atomic E-state index is 11.9. The molecule has 2 unspecified atom stereocenters. The van der Waals surface area contributed by atoms with E-state index in [2.05, 4.69) is 15.6 Å². The van der Waals surface area contributed by atoms with Gasteiger partial charge < -0.3 is 14.8 Å². The van der Waals surface area contributed by atoms with E-state index in [0.717, 1.165) is 5.56 Å². The summed E-state index contributed by atoms with van der Waals surface area (Å²) in [5.74, 6) is 0.427. The number of benzene rings is 1. The molecule has 2 N–H and O–H groups in total. The summed E-state index contributed by atoms with van der Waals surface area (Å²) < 4.78 is 10.7. The molecule has 1 saturated carbocycles. The Morgan fingerprint density at radius 1 is 1.27 bits per heavy atom. The highest BCUT2D eigenvalue weighted by atomic mass is 35.5. The Kier molecular flexibility index (Phi) is 5.39. The van der Waals surface area contributed by atoms with Gasteiger partial charge in [0.25, 0.3) is 0 Å². The van der Waals surface area contributed by atoms with Crippen LogP contribution in [0, 0.1) is 12.8 Å². The quantitative estimate of drug-likeness (QED) is 0.834. The second-order valence-electron chi connectivity index (χ2n) is 5.96. The SMILES string of the molecule is COC1CC1C(=O)NC(=O)Nc1ccc(Oc2ccc(Cl)cn2)c(C)c1. The van der Waals surface area contributed by atoms with E-state index in [9.17, 15) is 9.59 Å². The van der Waals surface area contributed by atoms with Gasteiger partial charge in [0.1, 0.15) is 5.75 Å². The summed E-state index contributed by atoms with van der Waals surface area (Å²) in [6, 6.07) is 7.90. The molecule has 136 valence electrons. The lowest BCUT2D eigenvalue weighted by atomic mass is 10.2. The van der Waals surface area contributed by atoms with Crippen LogP contribution in [0.3, 0.4) is 0 Å². The maximum Gasteiger partial charge on any atom is 0.325 e. The predicted octanol–water partition coefficient (Wildman–Crippen LogP) is 3.52. The number of nitrogens with zero attached hydrogens (tertiary/aromatic N) is 1. The fourth-order valence-electron chi connectivity index (χ4n) is 2.45. The van der Waals surface area contributed by atoms with Crippen molar-refractivity contribution in [2.75, 3.05) is 12.4 Å². The van der Waals surface area contributed by atoms with Crippen LogP contribution in [0.4, 0.5) is 10.5 Å². The van der Waals surface area contributed by atoms with E-state index in [-0.39, 0.29) is 17.9 Å². The number of rotatable bonds is 5. The second kappa shape index (κ2) is 7.72. The molecule has 0 aliphatic heterocycles. The Hall–Kier alpha value is -2.64. The van der Waals surface area contributed by atoms with Gasteiger partial charge in [0.15, 0.2) is 0 Å². The highest BCUT2D eigenvalue weighted by Crippen LogP contribution is 2.33. The molecule has 26 heavy (non-hydrogen) atoms. The molecule has 0 bridgehead atoms. The van der Waals surface area contributed by atoms with Crippen LogP contribution < -0.4 is 15.4 Å². The van der Waals surface area contributed by atoms with Crippen molar-refractivity contribution in [3.63, 3.8) is 0 Å². The van der Waals surface area contributed by atoms with E-state index in [1.807, 2.05) is 6.92 Å². The number of nitrogens with one attached hydrogen (secondary N) is 2. The van der Waals surface area contributed by atoms with Crippen molar-refractivity contribution in [1.29, 1.82) is 0 Å². The van der Waals surface area contributed by atoms with E-state index >= 15 is 0 Å². The number of methoxy groups -OCH3 is 1. The molecule has 1 aliphatic carbocycles. The molecule has 8 heteroatoms. The number of aromatic nitrogens is 1. The van der Waals surface area contributed by atoms with E-state index in [1.165, 1.54) is 6.20 Å². The molecule has 1 aliphatic rings. The van der Waals surface area contributed by atoms with Crippen molar-refractivity contribution in [3.05, 3.63) is 47.1 Å². The minimum absolute atomic E-state index is 0.0945. The highest BCUT2D eigenvalue weighted by molar-refractivity contribution is 6.30. The Bertz CT molecular complexity index is 826. The number of halogens is 1. The van der Waals surface area contributed by atoms with Gasteiger partial charge in [-0.1, -0.05) is 11.6 Å². The van der Waals surface area contributed by atoms with Gasteiger partial charge in [-0.15, -0.1) is 0 Å². The van der Waals surface area contributed by atoms with Crippen molar-refractivity contribution < 1.29 is 19.1 Å². The van der Waals surface area contributed by atoms with Crippen molar-refractivity contribution in [2.24, 2.45) is 5.92 Å². The van der Waals surface area contributed by atoms with Crippen molar-refractivity contribution in [2.45, 2.75) is 19.4 Å². The third-order valence-electron chi connectivity index (χ3n) is 3.96. The normalized spacial score (nSPS) is 18.1. The van der Waals surface area contributed by atoms with Gasteiger partial charge in [0.05, 0.1) is 17.0 Å². The first-order chi connectivity index (χ1) is 12.5. The minimum atomic E-state index is -0.579. The zero-order chi connectivity index (χ0) is 18.7. The predicted molar refractivity (Wildman–Crippen MR) is 96.6 cm³/mol. The highest BCUT2D eigenvalue weighted by Gasteiger charge is 2.44. The zero-order valence-electron chi connectivity index (χ0n) is 14.3. The molecule has 7 nitrogen and oxygen atoms in total. The summed E-state index contributed by atoms with van der Waals surface area (Å²) in [6.45, 7) is 1.84. The van der Waals surface area contributed by atoms with E-state index in [1.54, 1.807) is 37.4 Å². The number of imide groups is 1. The molecule has 2 aromatic rings. The smallest absolute Gasteiger partial charge is 0.325 e. The Labute approximate surface area is 155 Å². The Morgan fingerprint density at radius 3 is 2.69 bits per heavy atom. The fraction of sp³-hybridized carbons (Fsp3) is 0.278. The molecule has 3 amide bonds. The largest absolute Gasteiger partial charge is 0.439 e. The van der Waals surface area contributed by atoms with Crippen molar-refractivity contribution in [1.82, 2.24) is 10.3 Å². The number of hydrogen-bond acceptors (Lipinski definition) is 5. The molecule has 3 rings (SSSR count). The van der Waals surface area contributed by atoms with Crippen LogP contribution in [0.5, 0.6) is 11.6 Å². The van der Waals surface area contributed by atoms with Gasteiger partial charge in [-0.25, -0.2) is 9.78 Å². The number of anilines is 1. The first-order valence-corrected chi connectivity index (χ1v) is 8.39. The van der Waals surface area contributed by atoms with Gasteiger partial charge in [-0.05, 0) is 43.2 Å². The molecule has 1 aromatic heterocycles. The standard InChI is InChI=1S/C18H18ClN3O4/c1-10-7-12(21-18(24)22-17(23)13-8-15(13)25-2)4-5-14(10)26-16-6-3-11(19)9-20-16/h3-7,9,13,15H,8H2,1-2H3,(H2,21,22,23,24). The molecule has 0 saturated heterocycles. The van der Waals surface area contributed by atoms with Crippen LogP contribution in [0.15, 0.2) is 36.5 Å². The lowest BCUT2D eigenvalue weighted by Gasteiger charge is -2.11. The average Bonchev–Trinajstić information content (AvgIpc) is 3.39. The number of aryl methyl sites for hydroxylation is 1. The minimum Gasteiger partial charge on any atom is -0.439 e. The van der Waals surface area contributed by atoms with Crippen LogP contribution >= 0.6 is 11.6 Å². The summed E-state index contributed by atoms with van der Waals surface area (Å²) in [4.78, 5) is 27.8. The van der Waals surface area contributed by atoms with Crippen molar-refractivity contribution in [3.8, 4) is 11.6 Å². The molecular weight excluding hydrogens is 358 g/mol. The van der Waals surface area contributed by atoms with Crippen LogP contribution in [0.2, 0.25) is 5.02 Å². The number of carbonyl (C=O) groups is 2. The van der Waals surface area contributed by atoms with Crippen LogP contribution in [0.1, 0.15) is 12.0 Å². The Morgan fingerprint density at radius 2 is 2.08 bits per heavy atom. The van der Waals surface area contributed by atoms with E-state index < -0.39 is 6.03 Å². The summed E-state index contributed by atoms with van der Waals surface area (Å²) in [6.07, 6.45) is 2.04. The van der Waals surface area contributed by atoms with Crippen molar-refractivity contribution >= 4 is 29.2 Å². The average molecular weight is 376 g/mol. The van der Waals surface area contributed by atoms with Gasteiger partial charge in [-0.3, -0.25) is 10.1 Å². The lowest BCUT2D eigenvalue weighted by molar-refractivity contribution is -0.121. The number of amides is 3. The van der Waals surface area contributed by atoms with E-state index in [4.69, 9.17) is 21.1 Å². The zero-order valence-corrected chi connectivity index (χ0v) is 15.0. The molecule has 1 heterocycles. The molecular formula is C18H18ClN3O4. The number of urea groups is 1. The second-order valence-corrected chi connectivity index (χ2v) is 6.39. The summed E-state index contributed by atoms with van der Waals surface area (Å²) in [5, 5.41) is 5.46. The molecule has 1 fully saturated rings. The molecule has 0 spiro atoms. The number of ether oxygens (including phenoxy) is 2. The first-order valence-electron chi connectivity index (χ1n) is 8.01. The number of hydrogen-bond donors (Lipinski definition) is 2.